The largest absolute Gasteiger partial charge is 0.493 e. The van der Waals surface area contributed by atoms with Crippen LogP contribution in [-0.2, 0) is 4.79 Å². The Morgan fingerprint density at radius 1 is 1.12 bits per heavy atom. The third-order valence-electron chi connectivity index (χ3n) is 5.14. The van der Waals surface area contributed by atoms with Crippen LogP contribution >= 0.6 is 35.6 Å². The average molecular weight is 506 g/mol. The summed E-state index contributed by atoms with van der Waals surface area (Å²) in [5.41, 5.74) is 2.06. The predicted octanol–water partition coefficient (Wildman–Crippen LogP) is 6.59. The minimum atomic E-state index is -0.214. The van der Waals surface area contributed by atoms with Crippen LogP contribution < -0.4 is 19.5 Å². The molecule has 5 nitrogen and oxygen atoms in total. The molecule has 0 aliphatic carbocycles. The molecule has 2 aromatic carbocycles. The SMILES string of the molecule is CCOc1cc(/C=C2/SC(=S)NC2=O)cc(Cl)c1OCCCOc1ccc(C(C)CC)cc1. The van der Waals surface area contributed by atoms with Crippen LogP contribution in [-0.4, -0.2) is 30.0 Å². The molecule has 1 N–H and O–H groups in total. The van der Waals surface area contributed by atoms with Gasteiger partial charge in [0.15, 0.2) is 11.5 Å². The van der Waals surface area contributed by atoms with Crippen LogP contribution in [0.2, 0.25) is 5.02 Å². The molecule has 0 bridgehead atoms. The van der Waals surface area contributed by atoms with E-state index in [1.165, 1.54) is 17.3 Å². The summed E-state index contributed by atoms with van der Waals surface area (Å²) in [6, 6.07) is 11.8. The van der Waals surface area contributed by atoms with Crippen molar-refractivity contribution in [3.63, 3.8) is 0 Å². The van der Waals surface area contributed by atoms with E-state index in [9.17, 15) is 4.79 Å². The van der Waals surface area contributed by atoms with Crippen LogP contribution in [0.3, 0.4) is 0 Å². The number of thiocarbonyl (C=S) groups is 1. The Bertz CT molecular complexity index is 1020. The van der Waals surface area contributed by atoms with Crippen molar-refractivity contribution in [3.05, 3.63) is 57.5 Å². The number of rotatable bonds is 11. The number of ether oxygens (including phenoxy) is 3. The van der Waals surface area contributed by atoms with Crippen molar-refractivity contribution in [1.82, 2.24) is 5.32 Å². The number of benzene rings is 2. The minimum Gasteiger partial charge on any atom is -0.493 e. The van der Waals surface area contributed by atoms with Crippen molar-refractivity contribution in [2.24, 2.45) is 0 Å². The first-order valence-corrected chi connectivity index (χ1v) is 12.6. The summed E-state index contributed by atoms with van der Waals surface area (Å²) in [6.07, 6.45) is 3.54. The van der Waals surface area contributed by atoms with E-state index in [1.54, 1.807) is 12.1 Å². The normalized spacial score (nSPS) is 15.5. The molecule has 1 aliphatic heterocycles. The van der Waals surface area contributed by atoms with Gasteiger partial charge in [0.2, 0.25) is 0 Å². The molecule has 33 heavy (non-hydrogen) atoms. The van der Waals surface area contributed by atoms with Gasteiger partial charge in [0.25, 0.3) is 5.91 Å². The van der Waals surface area contributed by atoms with Crippen LogP contribution in [0.4, 0.5) is 0 Å². The predicted molar refractivity (Wildman–Crippen MR) is 140 cm³/mol. The number of amides is 1. The lowest BCUT2D eigenvalue weighted by Gasteiger charge is -2.15. The first-order valence-electron chi connectivity index (χ1n) is 11.0. The molecule has 2 aromatic rings. The van der Waals surface area contributed by atoms with Crippen molar-refractivity contribution < 1.29 is 19.0 Å². The number of hydrogen-bond acceptors (Lipinski definition) is 6. The molecule has 1 atom stereocenters. The molecule has 1 aliphatic rings. The molecule has 0 saturated carbocycles. The lowest BCUT2D eigenvalue weighted by atomic mass is 9.99. The lowest BCUT2D eigenvalue weighted by molar-refractivity contribution is -0.115. The van der Waals surface area contributed by atoms with Crippen molar-refractivity contribution in [3.8, 4) is 17.2 Å². The topological polar surface area (TPSA) is 56.8 Å². The Kier molecular flexibility index (Phi) is 9.47. The minimum absolute atomic E-state index is 0.214. The van der Waals surface area contributed by atoms with Gasteiger partial charge in [-0.3, -0.25) is 4.79 Å². The number of hydrogen-bond donors (Lipinski definition) is 1. The van der Waals surface area contributed by atoms with Gasteiger partial charge in [-0.05, 0) is 60.7 Å². The Morgan fingerprint density at radius 2 is 1.85 bits per heavy atom. The molecule has 0 aromatic heterocycles. The van der Waals surface area contributed by atoms with E-state index in [0.29, 0.717) is 57.9 Å². The highest BCUT2D eigenvalue weighted by molar-refractivity contribution is 8.26. The van der Waals surface area contributed by atoms with E-state index in [-0.39, 0.29) is 5.91 Å². The van der Waals surface area contributed by atoms with Crippen molar-refractivity contribution >= 4 is 51.9 Å². The molecule has 1 heterocycles. The number of thioether (sulfide) groups is 1. The smallest absolute Gasteiger partial charge is 0.263 e. The van der Waals surface area contributed by atoms with Gasteiger partial charge in [-0.25, -0.2) is 0 Å². The van der Waals surface area contributed by atoms with Crippen LogP contribution in [0.15, 0.2) is 41.3 Å². The number of nitrogens with one attached hydrogen (secondary N) is 1. The van der Waals surface area contributed by atoms with Crippen LogP contribution in [0.25, 0.3) is 6.08 Å². The van der Waals surface area contributed by atoms with Gasteiger partial charge in [0.05, 0.1) is 29.7 Å². The first-order chi connectivity index (χ1) is 15.9. The lowest BCUT2D eigenvalue weighted by Crippen LogP contribution is -2.17. The molecule has 3 rings (SSSR count). The quantitative estimate of drug-likeness (QED) is 0.211. The summed E-state index contributed by atoms with van der Waals surface area (Å²) >= 11 is 12.7. The Morgan fingerprint density at radius 3 is 2.48 bits per heavy atom. The molecular formula is C25H28ClNO4S2. The molecule has 1 unspecified atom stereocenters. The zero-order valence-corrected chi connectivity index (χ0v) is 21.4. The fraction of sp³-hybridized carbons (Fsp3) is 0.360. The van der Waals surface area contributed by atoms with Crippen LogP contribution in [0.5, 0.6) is 17.2 Å². The van der Waals surface area contributed by atoms with Gasteiger partial charge in [-0.1, -0.05) is 61.6 Å². The molecule has 176 valence electrons. The summed E-state index contributed by atoms with van der Waals surface area (Å²) in [6.45, 7) is 7.71. The van der Waals surface area contributed by atoms with E-state index >= 15 is 0 Å². The fourth-order valence-electron chi connectivity index (χ4n) is 3.20. The maximum absolute atomic E-state index is 11.9. The molecule has 1 fully saturated rings. The Balaban J connectivity index is 1.57. The van der Waals surface area contributed by atoms with Crippen LogP contribution in [0, 0.1) is 0 Å². The molecule has 1 amide bonds. The van der Waals surface area contributed by atoms with Crippen molar-refractivity contribution in [1.29, 1.82) is 0 Å². The molecule has 1 saturated heterocycles. The summed E-state index contributed by atoms with van der Waals surface area (Å²) < 4.78 is 17.9. The second kappa shape index (κ2) is 12.3. The number of carbonyl (C=O) groups excluding carboxylic acids is 1. The molecule has 8 heteroatoms. The van der Waals surface area contributed by atoms with Gasteiger partial charge >= 0.3 is 0 Å². The third-order valence-corrected chi connectivity index (χ3v) is 6.58. The number of halogens is 1. The van der Waals surface area contributed by atoms with Crippen LogP contribution in [0.1, 0.15) is 50.7 Å². The standard InChI is InChI=1S/C25H28ClNO4S2/c1-4-16(3)18-7-9-19(10-8-18)30-11-6-12-31-23-20(26)13-17(14-21(23)29-5-2)15-22-24(28)27-25(32)33-22/h7-10,13-16H,4-6,11-12H2,1-3H3,(H,27,28,32)/b22-15+. The highest BCUT2D eigenvalue weighted by atomic mass is 35.5. The van der Waals surface area contributed by atoms with E-state index in [2.05, 4.69) is 31.3 Å². The summed E-state index contributed by atoms with van der Waals surface area (Å²) in [7, 11) is 0. The van der Waals surface area contributed by atoms with Gasteiger partial charge in [-0.15, -0.1) is 0 Å². The zero-order valence-electron chi connectivity index (χ0n) is 19.0. The van der Waals surface area contributed by atoms with E-state index in [0.717, 1.165) is 17.7 Å². The molecule has 0 radical (unpaired) electrons. The Hall–Kier alpha value is -2.22. The summed E-state index contributed by atoms with van der Waals surface area (Å²) in [5, 5.41) is 3.02. The van der Waals surface area contributed by atoms with Gasteiger partial charge in [0, 0.05) is 6.42 Å². The third kappa shape index (κ3) is 7.13. The second-order valence-electron chi connectivity index (χ2n) is 7.54. The number of carbonyl (C=O) groups is 1. The summed E-state index contributed by atoms with van der Waals surface area (Å²) in [4.78, 5) is 12.4. The zero-order chi connectivity index (χ0) is 23.8. The van der Waals surface area contributed by atoms with Gasteiger partial charge in [-0.2, -0.15) is 0 Å². The maximum Gasteiger partial charge on any atom is 0.263 e. The highest BCUT2D eigenvalue weighted by Gasteiger charge is 2.22. The van der Waals surface area contributed by atoms with E-state index < -0.39 is 0 Å². The molecular weight excluding hydrogens is 478 g/mol. The first kappa shape index (κ1) is 25.4. The van der Waals surface area contributed by atoms with E-state index in [1.807, 2.05) is 25.1 Å². The van der Waals surface area contributed by atoms with Gasteiger partial charge < -0.3 is 19.5 Å². The van der Waals surface area contributed by atoms with Crippen molar-refractivity contribution in [2.45, 2.75) is 39.5 Å². The molecule has 0 spiro atoms. The average Bonchev–Trinajstić information content (AvgIpc) is 3.11. The summed E-state index contributed by atoms with van der Waals surface area (Å²) in [5.74, 6) is 2.20. The Labute approximate surface area is 209 Å². The van der Waals surface area contributed by atoms with E-state index in [4.69, 9.17) is 38.0 Å². The fourth-order valence-corrected chi connectivity index (χ4v) is 4.52. The second-order valence-corrected chi connectivity index (χ2v) is 9.67. The van der Waals surface area contributed by atoms with Gasteiger partial charge in [0.1, 0.15) is 10.1 Å². The maximum atomic E-state index is 11.9. The van der Waals surface area contributed by atoms with Crippen molar-refractivity contribution in [2.75, 3.05) is 19.8 Å². The monoisotopic (exact) mass is 505 g/mol. The highest BCUT2D eigenvalue weighted by Crippen LogP contribution is 2.38.